The molecule has 0 radical (unpaired) electrons. The molecule has 0 aromatic heterocycles. The lowest BCUT2D eigenvalue weighted by Gasteiger charge is -2.14. The van der Waals surface area contributed by atoms with Gasteiger partial charge in [0.05, 0.1) is 11.0 Å². The van der Waals surface area contributed by atoms with Crippen LogP contribution in [-0.2, 0) is 14.3 Å². The van der Waals surface area contributed by atoms with Gasteiger partial charge in [0.25, 0.3) is 11.1 Å². The first kappa shape index (κ1) is 19.0. The van der Waals surface area contributed by atoms with E-state index in [1.54, 1.807) is 17.8 Å². The van der Waals surface area contributed by atoms with Crippen LogP contribution >= 0.6 is 23.5 Å². The van der Waals surface area contributed by atoms with Gasteiger partial charge in [0.2, 0.25) is 5.91 Å². The second-order valence-corrected chi connectivity index (χ2v) is 7.85. The molecule has 1 aromatic carbocycles. The molecule has 1 aromatic rings. The largest absolute Gasteiger partial charge is 0.376 e. The van der Waals surface area contributed by atoms with E-state index in [4.69, 9.17) is 4.74 Å². The van der Waals surface area contributed by atoms with E-state index in [2.05, 4.69) is 5.32 Å². The van der Waals surface area contributed by atoms with Crippen molar-refractivity contribution in [2.75, 3.05) is 26.0 Å². The van der Waals surface area contributed by atoms with Gasteiger partial charge in [-0.2, -0.15) is 0 Å². The highest BCUT2D eigenvalue weighted by Crippen LogP contribution is 2.32. The van der Waals surface area contributed by atoms with E-state index in [1.165, 1.54) is 0 Å². The van der Waals surface area contributed by atoms with E-state index in [-0.39, 0.29) is 18.6 Å². The average molecular weight is 393 g/mol. The molecule has 1 atom stereocenters. The third-order valence-corrected chi connectivity index (χ3v) is 5.79. The van der Waals surface area contributed by atoms with Crippen molar-refractivity contribution in [1.82, 2.24) is 10.2 Å². The Hall–Kier alpha value is -1.77. The molecule has 2 aliphatic rings. The van der Waals surface area contributed by atoms with Crippen LogP contribution in [0.1, 0.15) is 18.4 Å². The minimum atomic E-state index is -0.429. The fourth-order valence-electron chi connectivity index (χ4n) is 2.72. The zero-order chi connectivity index (χ0) is 18.5. The van der Waals surface area contributed by atoms with Crippen LogP contribution in [0.15, 0.2) is 34.1 Å². The van der Waals surface area contributed by atoms with Crippen LogP contribution in [0.5, 0.6) is 0 Å². The average Bonchev–Trinajstić information content (AvgIpc) is 3.25. The molecule has 2 aliphatic heterocycles. The molecule has 3 rings (SSSR count). The molecule has 6 nitrogen and oxygen atoms in total. The van der Waals surface area contributed by atoms with Crippen molar-refractivity contribution in [3.8, 4) is 0 Å². The van der Waals surface area contributed by atoms with Crippen molar-refractivity contribution in [2.24, 2.45) is 0 Å². The summed E-state index contributed by atoms with van der Waals surface area (Å²) in [6.45, 7) is 0.860. The smallest absolute Gasteiger partial charge is 0.294 e. The molecule has 1 N–H and O–H groups in total. The summed E-state index contributed by atoms with van der Waals surface area (Å²) in [5, 5.41) is 2.31. The molecule has 0 bridgehead atoms. The van der Waals surface area contributed by atoms with Crippen molar-refractivity contribution in [3.63, 3.8) is 0 Å². The molecule has 26 heavy (non-hydrogen) atoms. The van der Waals surface area contributed by atoms with Crippen LogP contribution in [0.2, 0.25) is 0 Å². The van der Waals surface area contributed by atoms with Gasteiger partial charge in [0.1, 0.15) is 6.54 Å². The van der Waals surface area contributed by atoms with Crippen molar-refractivity contribution >= 4 is 46.7 Å². The number of nitrogens with zero attached hydrogens (tertiary/aromatic N) is 1. The Kier molecular flexibility index (Phi) is 6.39. The quantitative estimate of drug-likeness (QED) is 0.593. The second kappa shape index (κ2) is 8.75. The van der Waals surface area contributed by atoms with Crippen molar-refractivity contribution in [1.29, 1.82) is 0 Å². The number of thioether (sulfide) groups is 2. The summed E-state index contributed by atoms with van der Waals surface area (Å²) in [6, 6.07) is 7.71. The number of amides is 3. The maximum absolute atomic E-state index is 12.4. The van der Waals surface area contributed by atoms with Gasteiger partial charge in [0.15, 0.2) is 0 Å². The van der Waals surface area contributed by atoms with Crippen LogP contribution < -0.4 is 5.32 Å². The summed E-state index contributed by atoms with van der Waals surface area (Å²) in [6.07, 6.45) is 5.61. The van der Waals surface area contributed by atoms with Crippen molar-refractivity contribution in [3.05, 3.63) is 34.7 Å². The number of carbonyl (C=O) groups excluding carboxylic acids is 3. The van der Waals surface area contributed by atoms with Gasteiger partial charge in [-0.05, 0) is 54.6 Å². The number of ether oxygens (including phenoxy) is 1. The SMILES string of the molecule is CSc1ccc(/C=C2\SC(=O)N(CC(=O)NC[C@@H]3CCCO3)C2=O)cc1. The molecule has 2 heterocycles. The van der Waals surface area contributed by atoms with Gasteiger partial charge in [-0.3, -0.25) is 19.3 Å². The Morgan fingerprint density at radius 3 is 2.81 bits per heavy atom. The summed E-state index contributed by atoms with van der Waals surface area (Å²) in [4.78, 5) is 39.0. The normalized spacial score (nSPS) is 21.7. The molecule has 2 fully saturated rings. The van der Waals surface area contributed by atoms with Crippen LogP contribution in [0.25, 0.3) is 6.08 Å². The monoisotopic (exact) mass is 392 g/mol. The minimum Gasteiger partial charge on any atom is -0.376 e. The van der Waals surface area contributed by atoms with E-state index in [0.29, 0.717) is 18.1 Å². The van der Waals surface area contributed by atoms with Crippen LogP contribution in [0, 0.1) is 0 Å². The summed E-state index contributed by atoms with van der Waals surface area (Å²) in [7, 11) is 0. The topological polar surface area (TPSA) is 75.7 Å². The third kappa shape index (κ3) is 4.69. The van der Waals surface area contributed by atoms with Gasteiger partial charge in [-0.1, -0.05) is 12.1 Å². The first-order chi connectivity index (χ1) is 12.6. The van der Waals surface area contributed by atoms with Crippen molar-refractivity contribution < 1.29 is 19.1 Å². The lowest BCUT2D eigenvalue weighted by Crippen LogP contribution is -2.41. The maximum atomic E-state index is 12.4. The molecule has 0 aliphatic carbocycles. The number of benzene rings is 1. The molecule has 8 heteroatoms. The third-order valence-electron chi connectivity index (χ3n) is 4.14. The Balaban J connectivity index is 1.58. The van der Waals surface area contributed by atoms with Gasteiger partial charge in [0, 0.05) is 18.0 Å². The van der Waals surface area contributed by atoms with Crippen LogP contribution in [0.4, 0.5) is 4.79 Å². The molecule has 3 amide bonds. The van der Waals surface area contributed by atoms with Gasteiger partial charge >= 0.3 is 0 Å². The fraction of sp³-hybridized carbons (Fsp3) is 0.389. The Bertz CT molecular complexity index is 727. The van der Waals surface area contributed by atoms with Crippen LogP contribution in [-0.4, -0.2) is 54.0 Å². The van der Waals surface area contributed by atoms with Gasteiger partial charge in [-0.25, -0.2) is 0 Å². The summed E-state index contributed by atoms with van der Waals surface area (Å²) < 4.78 is 5.44. The number of hydrogen-bond acceptors (Lipinski definition) is 6. The lowest BCUT2D eigenvalue weighted by molar-refractivity contribution is -0.129. The highest BCUT2D eigenvalue weighted by Gasteiger charge is 2.36. The molecule has 0 spiro atoms. The van der Waals surface area contributed by atoms with E-state index in [1.807, 2.05) is 30.5 Å². The van der Waals surface area contributed by atoms with E-state index in [0.717, 1.165) is 40.0 Å². The Morgan fingerprint density at radius 2 is 2.15 bits per heavy atom. The highest BCUT2D eigenvalue weighted by atomic mass is 32.2. The molecular weight excluding hydrogens is 372 g/mol. The Morgan fingerprint density at radius 1 is 1.38 bits per heavy atom. The number of nitrogens with one attached hydrogen (secondary N) is 1. The summed E-state index contributed by atoms with van der Waals surface area (Å²) in [5.74, 6) is -0.783. The summed E-state index contributed by atoms with van der Waals surface area (Å²) >= 11 is 2.49. The van der Waals surface area contributed by atoms with Crippen LogP contribution in [0.3, 0.4) is 0 Å². The maximum Gasteiger partial charge on any atom is 0.294 e. The zero-order valence-corrected chi connectivity index (χ0v) is 16.0. The highest BCUT2D eigenvalue weighted by molar-refractivity contribution is 8.18. The molecule has 2 saturated heterocycles. The second-order valence-electron chi connectivity index (χ2n) is 5.98. The molecule has 0 saturated carbocycles. The first-order valence-corrected chi connectivity index (χ1v) is 10.4. The fourth-order valence-corrected chi connectivity index (χ4v) is 3.97. The molecule has 138 valence electrons. The number of hydrogen-bond donors (Lipinski definition) is 1. The lowest BCUT2D eigenvalue weighted by atomic mass is 10.2. The number of rotatable bonds is 6. The first-order valence-electron chi connectivity index (χ1n) is 8.34. The Labute approximate surface area is 160 Å². The molecule has 0 unspecified atom stereocenters. The predicted molar refractivity (Wildman–Crippen MR) is 103 cm³/mol. The van der Waals surface area contributed by atoms with E-state index in [9.17, 15) is 14.4 Å². The van der Waals surface area contributed by atoms with Gasteiger partial charge < -0.3 is 10.1 Å². The van der Waals surface area contributed by atoms with Gasteiger partial charge in [-0.15, -0.1) is 11.8 Å². The van der Waals surface area contributed by atoms with E-state index >= 15 is 0 Å². The number of imide groups is 1. The standard InChI is InChI=1S/C18H20N2O4S2/c1-25-14-6-4-12(5-7-14)9-15-17(22)20(18(23)26-15)11-16(21)19-10-13-3-2-8-24-13/h4-7,9,13H,2-3,8,10-11H2,1H3,(H,19,21)/b15-9-/t13-/m0/s1. The minimum absolute atomic E-state index is 0.0259. The summed E-state index contributed by atoms with van der Waals surface area (Å²) in [5.41, 5.74) is 0.844. The van der Waals surface area contributed by atoms with Crippen molar-refractivity contribution in [2.45, 2.75) is 23.8 Å². The molecular formula is C18H20N2O4S2. The zero-order valence-electron chi connectivity index (χ0n) is 14.4. The number of carbonyl (C=O) groups is 3. The van der Waals surface area contributed by atoms with E-state index < -0.39 is 11.1 Å². The predicted octanol–water partition coefficient (Wildman–Crippen LogP) is 2.74.